The molecular formula is C24H28N2. The summed E-state index contributed by atoms with van der Waals surface area (Å²) >= 11 is 0. The lowest BCUT2D eigenvalue weighted by Crippen LogP contribution is -2.17. The van der Waals surface area contributed by atoms with Crippen molar-refractivity contribution in [1.82, 2.24) is 0 Å². The Morgan fingerprint density at radius 3 is 1.27 bits per heavy atom. The maximum absolute atomic E-state index is 9.23. The molecule has 0 aliphatic heterocycles. The Hall–Kier alpha value is -2.58. The number of hydrogen-bond acceptors (Lipinski definition) is 2. The van der Waals surface area contributed by atoms with Crippen molar-refractivity contribution in [2.24, 2.45) is 0 Å². The van der Waals surface area contributed by atoms with Gasteiger partial charge in [-0.15, -0.1) is 0 Å². The van der Waals surface area contributed by atoms with Crippen LogP contribution in [-0.2, 0) is 23.7 Å². The second-order valence-corrected chi connectivity index (χ2v) is 8.97. The van der Waals surface area contributed by atoms with E-state index in [9.17, 15) is 10.5 Å². The van der Waals surface area contributed by atoms with Crippen molar-refractivity contribution >= 4 is 0 Å². The highest BCUT2D eigenvalue weighted by molar-refractivity contribution is 5.44. The molecule has 134 valence electrons. The molecule has 0 radical (unpaired) electrons. The lowest BCUT2D eigenvalue weighted by atomic mass is 9.79. The molecule has 0 N–H and O–H groups in total. The molecule has 0 saturated carbocycles. The quantitative estimate of drug-likeness (QED) is 0.705. The zero-order valence-electron chi connectivity index (χ0n) is 16.8. The third-order valence-corrected chi connectivity index (χ3v) is 4.76. The fraction of sp³-hybridized carbons (Fsp3) is 0.417. The molecule has 26 heavy (non-hydrogen) atoms. The lowest BCUT2D eigenvalue weighted by molar-refractivity contribution is 0.575. The van der Waals surface area contributed by atoms with Crippen LogP contribution < -0.4 is 0 Å². The number of aryl methyl sites for hydroxylation is 2. The molecule has 0 saturated heterocycles. The van der Waals surface area contributed by atoms with E-state index in [1.165, 1.54) is 22.3 Å². The molecule has 0 heterocycles. The third-order valence-electron chi connectivity index (χ3n) is 4.76. The van der Waals surface area contributed by atoms with Crippen molar-refractivity contribution in [3.05, 3.63) is 69.8 Å². The summed E-state index contributed by atoms with van der Waals surface area (Å²) in [7, 11) is 0. The van der Waals surface area contributed by atoms with Crippen molar-refractivity contribution < 1.29 is 0 Å². The number of benzene rings is 2. The van der Waals surface area contributed by atoms with Gasteiger partial charge in [0.05, 0.1) is 23.3 Å². The summed E-state index contributed by atoms with van der Waals surface area (Å²) in [6.45, 7) is 13.1. The van der Waals surface area contributed by atoms with Gasteiger partial charge in [-0.3, -0.25) is 0 Å². The van der Waals surface area contributed by atoms with E-state index in [0.29, 0.717) is 11.1 Å². The Labute approximate surface area is 158 Å². The molecule has 2 nitrogen and oxygen atoms in total. The monoisotopic (exact) mass is 344 g/mol. The van der Waals surface area contributed by atoms with E-state index < -0.39 is 0 Å². The van der Waals surface area contributed by atoms with Gasteiger partial charge in [0, 0.05) is 0 Å². The molecule has 0 aromatic heterocycles. The minimum Gasteiger partial charge on any atom is -0.192 e. The van der Waals surface area contributed by atoms with Crippen LogP contribution in [0.3, 0.4) is 0 Å². The highest BCUT2D eigenvalue weighted by Crippen LogP contribution is 2.31. The van der Waals surface area contributed by atoms with Crippen molar-refractivity contribution in [1.29, 1.82) is 10.5 Å². The Bertz CT molecular complexity index is 803. The predicted octanol–water partition coefficient (Wildman–Crippen LogP) is 5.81. The number of nitriles is 2. The van der Waals surface area contributed by atoms with E-state index in [0.717, 1.165) is 12.8 Å². The van der Waals surface area contributed by atoms with Gasteiger partial charge in [0.2, 0.25) is 0 Å². The second-order valence-electron chi connectivity index (χ2n) is 8.97. The van der Waals surface area contributed by atoms with Crippen LogP contribution in [0.2, 0.25) is 0 Å². The van der Waals surface area contributed by atoms with Crippen LogP contribution in [0.5, 0.6) is 0 Å². The zero-order chi connectivity index (χ0) is 19.5. The van der Waals surface area contributed by atoms with Crippen LogP contribution in [0.4, 0.5) is 0 Å². The average molecular weight is 345 g/mol. The number of hydrogen-bond donors (Lipinski definition) is 0. The molecule has 0 unspecified atom stereocenters. The van der Waals surface area contributed by atoms with Crippen LogP contribution >= 0.6 is 0 Å². The summed E-state index contributed by atoms with van der Waals surface area (Å²) in [4.78, 5) is 0. The van der Waals surface area contributed by atoms with Crippen molar-refractivity contribution in [3.8, 4) is 12.1 Å². The zero-order valence-corrected chi connectivity index (χ0v) is 16.8. The second kappa shape index (κ2) is 7.35. The molecule has 0 spiro atoms. The van der Waals surface area contributed by atoms with Gasteiger partial charge in [-0.05, 0) is 70.2 Å². The van der Waals surface area contributed by atoms with Crippen LogP contribution in [0, 0.1) is 22.7 Å². The fourth-order valence-electron chi connectivity index (χ4n) is 3.39. The van der Waals surface area contributed by atoms with Gasteiger partial charge < -0.3 is 0 Å². The van der Waals surface area contributed by atoms with Gasteiger partial charge in [-0.25, -0.2) is 0 Å². The van der Waals surface area contributed by atoms with E-state index in [1.54, 1.807) is 0 Å². The van der Waals surface area contributed by atoms with E-state index in [2.05, 4.69) is 65.8 Å². The SMILES string of the molecule is CC(C)(C)c1cc(C#N)ccc1CCc1ccc(C#N)cc1C(C)(C)C. The first kappa shape index (κ1) is 19.7. The van der Waals surface area contributed by atoms with Crippen LogP contribution in [0.1, 0.15) is 74.9 Å². The van der Waals surface area contributed by atoms with Crippen molar-refractivity contribution in [2.45, 2.75) is 65.2 Å². The summed E-state index contributed by atoms with van der Waals surface area (Å²) in [6, 6.07) is 16.6. The molecule has 0 fully saturated rings. The first-order chi connectivity index (χ1) is 12.1. The minimum absolute atomic E-state index is 0.000282. The highest BCUT2D eigenvalue weighted by atomic mass is 14.3. The third kappa shape index (κ3) is 4.53. The predicted molar refractivity (Wildman–Crippen MR) is 107 cm³/mol. The van der Waals surface area contributed by atoms with Crippen molar-refractivity contribution in [2.75, 3.05) is 0 Å². The molecule has 0 atom stereocenters. The summed E-state index contributed by atoms with van der Waals surface area (Å²) in [5.74, 6) is 0. The first-order valence-corrected chi connectivity index (χ1v) is 9.13. The van der Waals surface area contributed by atoms with Crippen LogP contribution in [0.15, 0.2) is 36.4 Å². The van der Waals surface area contributed by atoms with Gasteiger partial charge >= 0.3 is 0 Å². The van der Waals surface area contributed by atoms with Gasteiger partial charge in [-0.2, -0.15) is 10.5 Å². The molecule has 2 heteroatoms. The Morgan fingerprint density at radius 1 is 0.654 bits per heavy atom. The molecule has 0 bridgehead atoms. The number of rotatable bonds is 3. The van der Waals surface area contributed by atoms with Gasteiger partial charge in [-0.1, -0.05) is 53.7 Å². The maximum atomic E-state index is 9.23. The highest BCUT2D eigenvalue weighted by Gasteiger charge is 2.21. The maximum Gasteiger partial charge on any atom is 0.0991 e. The normalized spacial score (nSPS) is 11.7. The smallest absolute Gasteiger partial charge is 0.0991 e. The number of nitrogens with zero attached hydrogens (tertiary/aromatic N) is 2. The summed E-state index contributed by atoms with van der Waals surface area (Å²) < 4.78 is 0. The summed E-state index contributed by atoms with van der Waals surface area (Å²) in [6.07, 6.45) is 1.85. The van der Waals surface area contributed by atoms with E-state index in [1.807, 2.05) is 24.3 Å². The molecule has 0 amide bonds. The Kier molecular flexibility index (Phi) is 5.58. The van der Waals surface area contributed by atoms with E-state index in [4.69, 9.17) is 0 Å². The molecular weight excluding hydrogens is 316 g/mol. The molecule has 2 aromatic carbocycles. The topological polar surface area (TPSA) is 47.6 Å². The molecule has 0 aliphatic rings. The molecule has 0 aliphatic carbocycles. The minimum atomic E-state index is -0.000282. The lowest BCUT2D eigenvalue weighted by Gasteiger charge is -2.25. The van der Waals surface area contributed by atoms with E-state index in [-0.39, 0.29) is 10.8 Å². The van der Waals surface area contributed by atoms with Gasteiger partial charge in [0.15, 0.2) is 0 Å². The Balaban J connectivity index is 2.39. The Morgan fingerprint density at radius 2 is 1.00 bits per heavy atom. The summed E-state index contributed by atoms with van der Waals surface area (Å²) in [5, 5.41) is 18.5. The van der Waals surface area contributed by atoms with Gasteiger partial charge in [0.1, 0.15) is 0 Å². The van der Waals surface area contributed by atoms with E-state index >= 15 is 0 Å². The summed E-state index contributed by atoms with van der Waals surface area (Å²) in [5.41, 5.74) is 6.49. The first-order valence-electron chi connectivity index (χ1n) is 9.13. The fourth-order valence-corrected chi connectivity index (χ4v) is 3.39. The largest absolute Gasteiger partial charge is 0.192 e. The molecule has 2 aromatic rings. The standard InChI is InChI=1S/C24H28N2/c1-23(2,3)21-13-17(15-25)7-9-19(21)11-12-20-10-8-18(16-26)14-22(20)24(4,5)6/h7-10,13-14H,11-12H2,1-6H3. The molecule has 2 rings (SSSR count). The van der Waals surface area contributed by atoms with Crippen LogP contribution in [-0.4, -0.2) is 0 Å². The van der Waals surface area contributed by atoms with Crippen LogP contribution in [0.25, 0.3) is 0 Å². The average Bonchev–Trinajstić information content (AvgIpc) is 2.58. The van der Waals surface area contributed by atoms with Gasteiger partial charge in [0.25, 0.3) is 0 Å². The van der Waals surface area contributed by atoms with Crippen molar-refractivity contribution in [3.63, 3.8) is 0 Å².